The highest BCUT2D eigenvalue weighted by Gasteiger charge is 1.98. The number of hydrogen-bond donors (Lipinski definition) is 1. The lowest BCUT2D eigenvalue weighted by Crippen LogP contribution is -2.10. The topological polar surface area (TPSA) is 43.1 Å². The van der Waals surface area contributed by atoms with Gasteiger partial charge in [-0.15, -0.1) is 11.8 Å². The predicted octanol–water partition coefficient (Wildman–Crippen LogP) is 1.90. The number of carbonyl (C=O) groups excluding carboxylic acids is 1. The summed E-state index contributed by atoms with van der Waals surface area (Å²) in [6.45, 7) is 2.09. The maximum atomic E-state index is 10.7. The first-order valence-corrected chi connectivity index (χ1v) is 4.75. The predicted molar refractivity (Wildman–Crippen MR) is 51.4 cm³/mol. The van der Waals surface area contributed by atoms with Crippen molar-refractivity contribution in [3.8, 4) is 0 Å². The zero-order valence-corrected chi connectivity index (χ0v) is 7.73. The number of thioether (sulfide) groups is 1. The van der Waals surface area contributed by atoms with Crippen LogP contribution < -0.4 is 5.73 Å². The van der Waals surface area contributed by atoms with Gasteiger partial charge in [-0.05, 0) is 30.0 Å². The SMILES string of the molecule is CCSc1ccc(C(N)=O)cc1. The molecule has 1 aromatic rings. The van der Waals surface area contributed by atoms with E-state index in [0.717, 1.165) is 5.75 Å². The van der Waals surface area contributed by atoms with Crippen LogP contribution in [0.25, 0.3) is 0 Å². The average Bonchev–Trinajstić information content (AvgIpc) is 2.06. The summed E-state index contributed by atoms with van der Waals surface area (Å²) in [7, 11) is 0. The van der Waals surface area contributed by atoms with Gasteiger partial charge in [0.1, 0.15) is 0 Å². The maximum absolute atomic E-state index is 10.7. The summed E-state index contributed by atoms with van der Waals surface area (Å²) in [4.78, 5) is 11.9. The van der Waals surface area contributed by atoms with Gasteiger partial charge in [-0.3, -0.25) is 4.79 Å². The second-order valence-electron chi connectivity index (χ2n) is 2.32. The lowest BCUT2D eigenvalue weighted by Gasteiger charge is -1.98. The Labute approximate surface area is 76.2 Å². The molecule has 1 amide bonds. The fraction of sp³-hybridized carbons (Fsp3) is 0.222. The van der Waals surface area contributed by atoms with Crippen LogP contribution in [0, 0.1) is 0 Å². The molecule has 0 saturated carbocycles. The zero-order valence-electron chi connectivity index (χ0n) is 6.91. The summed E-state index contributed by atoms with van der Waals surface area (Å²) in [5.41, 5.74) is 5.66. The van der Waals surface area contributed by atoms with Crippen molar-refractivity contribution in [3.05, 3.63) is 29.8 Å². The Morgan fingerprint density at radius 3 is 2.42 bits per heavy atom. The summed E-state index contributed by atoms with van der Waals surface area (Å²) in [5.74, 6) is 0.665. The third kappa shape index (κ3) is 2.27. The highest BCUT2D eigenvalue weighted by Crippen LogP contribution is 2.17. The van der Waals surface area contributed by atoms with E-state index in [1.54, 1.807) is 23.9 Å². The lowest BCUT2D eigenvalue weighted by molar-refractivity contribution is 0.100. The second kappa shape index (κ2) is 4.16. The molecule has 0 radical (unpaired) electrons. The molecule has 0 heterocycles. The Balaban J connectivity index is 2.78. The number of nitrogens with two attached hydrogens (primary N) is 1. The smallest absolute Gasteiger partial charge is 0.248 e. The van der Waals surface area contributed by atoms with Crippen molar-refractivity contribution in [2.45, 2.75) is 11.8 Å². The molecule has 0 aliphatic rings. The molecule has 0 fully saturated rings. The van der Waals surface area contributed by atoms with E-state index in [4.69, 9.17) is 5.73 Å². The first-order chi connectivity index (χ1) is 5.74. The summed E-state index contributed by atoms with van der Waals surface area (Å²) in [6.07, 6.45) is 0. The van der Waals surface area contributed by atoms with E-state index in [9.17, 15) is 4.79 Å². The first-order valence-electron chi connectivity index (χ1n) is 3.76. The molecule has 3 heteroatoms. The molecule has 0 aliphatic heterocycles. The minimum atomic E-state index is -0.372. The number of primary amides is 1. The lowest BCUT2D eigenvalue weighted by atomic mass is 10.2. The molecular formula is C9H11NOS. The summed E-state index contributed by atoms with van der Waals surface area (Å²) in [5, 5.41) is 0. The first kappa shape index (κ1) is 9.13. The van der Waals surface area contributed by atoms with Crippen LogP contribution in [0.2, 0.25) is 0 Å². The average molecular weight is 181 g/mol. The molecule has 0 bridgehead atoms. The molecule has 2 nitrogen and oxygen atoms in total. The van der Waals surface area contributed by atoms with Gasteiger partial charge >= 0.3 is 0 Å². The van der Waals surface area contributed by atoms with Crippen LogP contribution in [0.3, 0.4) is 0 Å². The molecule has 64 valence electrons. The summed E-state index contributed by atoms with van der Waals surface area (Å²) >= 11 is 1.74. The van der Waals surface area contributed by atoms with Crippen LogP contribution >= 0.6 is 11.8 Å². The third-order valence-electron chi connectivity index (χ3n) is 1.45. The molecule has 0 aromatic heterocycles. The number of benzene rings is 1. The molecule has 0 spiro atoms. The number of rotatable bonds is 3. The zero-order chi connectivity index (χ0) is 8.97. The van der Waals surface area contributed by atoms with Crippen molar-refractivity contribution in [2.75, 3.05) is 5.75 Å². The Morgan fingerprint density at radius 2 is 2.00 bits per heavy atom. The second-order valence-corrected chi connectivity index (χ2v) is 3.66. The van der Waals surface area contributed by atoms with E-state index >= 15 is 0 Å². The maximum Gasteiger partial charge on any atom is 0.248 e. The molecule has 0 atom stereocenters. The van der Waals surface area contributed by atoms with Crippen LogP contribution in [0.5, 0.6) is 0 Å². The monoisotopic (exact) mass is 181 g/mol. The van der Waals surface area contributed by atoms with Gasteiger partial charge in [0.15, 0.2) is 0 Å². The van der Waals surface area contributed by atoms with Gasteiger partial charge in [0.25, 0.3) is 0 Å². The third-order valence-corrected chi connectivity index (χ3v) is 2.34. The van der Waals surface area contributed by atoms with Crippen LogP contribution in [-0.4, -0.2) is 11.7 Å². The van der Waals surface area contributed by atoms with Crippen LogP contribution in [0.4, 0.5) is 0 Å². The molecule has 2 N–H and O–H groups in total. The molecule has 0 saturated heterocycles. The van der Waals surface area contributed by atoms with Gasteiger partial charge < -0.3 is 5.73 Å². The van der Waals surface area contributed by atoms with Gasteiger partial charge in [-0.25, -0.2) is 0 Å². The van der Waals surface area contributed by atoms with E-state index in [1.165, 1.54) is 4.90 Å². The minimum absolute atomic E-state index is 0.372. The van der Waals surface area contributed by atoms with E-state index in [-0.39, 0.29) is 5.91 Å². The van der Waals surface area contributed by atoms with Gasteiger partial charge in [0.05, 0.1) is 0 Å². The van der Waals surface area contributed by atoms with Gasteiger partial charge in [0, 0.05) is 10.5 Å². The van der Waals surface area contributed by atoms with Gasteiger partial charge in [0.2, 0.25) is 5.91 Å². The Bertz CT molecular complexity index is 268. The normalized spacial score (nSPS) is 9.75. The van der Waals surface area contributed by atoms with Crippen molar-refractivity contribution < 1.29 is 4.79 Å². The Hall–Kier alpha value is -0.960. The van der Waals surface area contributed by atoms with Crippen molar-refractivity contribution in [3.63, 3.8) is 0 Å². The van der Waals surface area contributed by atoms with Crippen molar-refractivity contribution in [1.29, 1.82) is 0 Å². The van der Waals surface area contributed by atoms with E-state index in [0.29, 0.717) is 5.56 Å². The van der Waals surface area contributed by atoms with E-state index in [1.807, 2.05) is 12.1 Å². The van der Waals surface area contributed by atoms with Gasteiger partial charge in [-0.1, -0.05) is 6.92 Å². The number of hydrogen-bond acceptors (Lipinski definition) is 2. The quantitative estimate of drug-likeness (QED) is 0.724. The minimum Gasteiger partial charge on any atom is -0.366 e. The van der Waals surface area contributed by atoms with Crippen molar-refractivity contribution >= 4 is 17.7 Å². The van der Waals surface area contributed by atoms with Crippen LogP contribution in [-0.2, 0) is 0 Å². The number of amides is 1. The molecule has 1 rings (SSSR count). The Kier molecular flexibility index (Phi) is 3.17. The molecule has 0 aliphatic carbocycles. The summed E-state index contributed by atoms with van der Waals surface area (Å²) in [6, 6.07) is 7.32. The highest BCUT2D eigenvalue weighted by molar-refractivity contribution is 7.99. The standard InChI is InChI=1S/C9H11NOS/c1-2-12-8-5-3-7(4-6-8)9(10)11/h3-6H,2H2,1H3,(H2,10,11). The molecule has 0 unspecified atom stereocenters. The van der Waals surface area contributed by atoms with E-state index < -0.39 is 0 Å². The Morgan fingerprint density at radius 1 is 1.42 bits per heavy atom. The summed E-state index contributed by atoms with van der Waals surface area (Å²) < 4.78 is 0. The molecule has 1 aromatic carbocycles. The van der Waals surface area contributed by atoms with Gasteiger partial charge in [-0.2, -0.15) is 0 Å². The van der Waals surface area contributed by atoms with Crippen LogP contribution in [0.15, 0.2) is 29.2 Å². The fourth-order valence-electron chi connectivity index (χ4n) is 0.882. The van der Waals surface area contributed by atoms with Crippen molar-refractivity contribution in [1.82, 2.24) is 0 Å². The molecular weight excluding hydrogens is 170 g/mol. The highest BCUT2D eigenvalue weighted by atomic mass is 32.2. The number of carbonyl (C=O) groups is 1. The molecule has 12 heavy (non-hydrogen) atoms. The van der Waals surface area contributed by atoms with Crippen LogP contribution in [0.1, 0.15) is 17.3 Å². The largest absolute Gasteiger partial charge is 0.366 e. The van der Waals surface area contributed by atoms with E-state index in [2.05, 4.69) is 6.92 Å². The fourth-order valence-corrected chi connectivity index (χ4v) is 1.54. The van der Waals surface area contributed by atoms with Crippen molar-refractivity contribution in [2.24, 2.45) is 5.73 Å².